The van der Waals surface area contributed by atoms with E-state index in [1.807, 2.05) is 0 Å². The van der Waals surface area contributed by atoms with E-state index in [4.69, 9.17) is 5.73 Å². The highest BCUT2D eigenvalue weighted by Crippen LogP contribution is 2.26. The van der Waals surface area contributed by atoms with Crippen molar-refractivity contribution in [3.8, 4) is 0 Å². The molecule has 0 aromatic carbocycles. The van der Waals surface area contributed by atoms with Gasteiger partial charge in [-0.05, 0) is 32.1 Å². The Kier molecular flexibility index (Phi) is 5.17. The quantitative estimate of drug-likeness (QED) is 0.699. The Balaban J connectivity index is 2.45. The summed E-state index contributed by atoms with van der Waals surface area (Å²) in [5.74, 6) is 0.296. The number of carbonyl (C=O) groups is 1. The third-order valence-corrected chi connectivity index (χ3v) is 3.68. The molecule has 4 N–H and O–H groups in total. The molecule has 1 rings (SSSR count). The summed E-state index contributed by atoms with van der Waals surface area (Å²) >= 11 is 0. The summed E-state index contributed by atoms with van der Waals surface area (Å²) in [5, 5.41) is 13.0. The van der Waals surface area contributed by atoms with Crippen LogP contribution in [-0.2, 0) is 4.79 Å². The molecule has 1 aliphatic rings. The summed E-state index contributed by atoms with van der Waals surface area (Å²) in [4.78, 5) is 12.1. The third kappa shape index (κ3) is 4.58. The Morgan fingerprint density at radius 2 is 1.94 bits per heavy atom. The van der Waals surface area contributed by atoms with Crippen LogP contribution in [0.1, 0.15) is 59.3 Å². The second kappa shape index (κ2) is 6.02. The molecule has 0 bridgehead atoms. The van der Waals surface area contributed by atoms with Gasteiger partial charge in [-0.3, -0.25) is 4.79 Å². The second-order valence-electron chi connectivity index (χ2n) is 6.49. The minimum Gasteiger partial charge on any atom is -0.388 e. The number of hydrogen-bond donors (Lipinski definition) is 3. The van der Waals surface area contributed by atoms with Crippen LogP contribution < -0.4 is 11.1 Å². The van der Waals surface area contributed by atoms with Crippen LogP contribution in [0, 0.1) is 5.92 Å². The Morgan fingerprint density at radius 1 is 1.39 bits per heavy atom. The van der Waals surface area contributed by atoms with Crippen LogP contribution in [0.5, 0.6) is 0 Å². The number of nitrogens with one attached hydrogen (secondary N) is 1. The fraction of sp³-hybridized carbons (Fsp3) is 0.929. The van der Waals surface area contributed by atoms with Crippen molar-refractivity contribution in [2.24, 2.45) is 11.7 Å². The van der Waals surface area contributed by atoms with E-state index in [1.54, 1.807) is 6.92 Å². The molecule has 1 saturated carbocycles. The molecule has 0 saturated heterocycles. The van der Waals surface area contributed by atoms with Gasteiger partial charge in [0.1, 0.15) is 0 Å². The molecule has 0 aromatic rings. The van der Waals surface area contributed by atoms with Crippen LogP contribution in [0.2, 0.25) is 0 Å². The molecule has 106 valence electrons. The van der Waals surface area contributed by atoms with Crippen LogP contribution in [0.4, 0.5) is 0 Å². The average Bonchev–Trinajstić information content (AvgIpc) is 2.25. The van der Waals surface area contributed by atoms with Crippen LogP contribution in [-0.4, -0.2) is 28.7 Å². The lowest BCUT2D eigenvalue weighted by Crippen LogP contribution is -2.57. The zero-order chi connectivity index (χ0) is 13.8. The largest absolute Gasteiger partial charge is 0.388 e. The lowest BCUT2D eigenvalue weighted by atomic mass is 9.81. The molecule has 18 heavy (non-hydrogen) atoms. The first kappa shape index (κ1) is 15.4. The van der Waals surface area contributed by atoms with Gasteiger partial charge in [0.2, 0.25) is 5.91 Å². The Hall–Kier alpha value is -0.610. The Labute approximate surface area is 110 Å². The molecule has 0 aromatic heterocycles. The van der Waals surface area contributed by atoms with Crippen molar-refractivity contribution in [2.75, 3.05) is 6.54 Å². The molecule has 0 aliphatic heterocycles. The van der Waals surface area contributed by atoms with Crippen LogP contribution in [0.15, 0.2) is 0 Å². The molecule has 1 aliphatic carbocycles. The summed E-state index contributed by atoms with van der Waals surface area (Å²) in [6.45, 7) is 6.16. The molecule has 4 nitrogen and oxygen atoms in total. The number of amides is 1. The lowest BCUT2D eigenvalue weighted by Gasteiger charge is -2.33. The van der Waals surface area contributed by atoms with Crippen molar-refractivity contribution in [3.63, 3.8) is 0 Å². The first-order valence-corrected chi connectivity index (χ1v) is 7.05. The molecule has 1 atom stereocenters. The summed E-state index contributed by atoms with van der Waals surface area (Å²) in [5.41, 5.74) is 4.57. The van der Waals surface area contributed by atoms with Crippen molar-refractivity contribution < 1.29 is 9.90 Å². The van der Waals surface area contributed by atoms with Crippen molar-refractivity contribution in [1.82, 2.24) is 5.32 Å². The maximum absolute atomic E-state index is 12.1. The number of aliphatic hydroxyl groups is 1. The number of hydrogen-bond acceptors (Lipinski definition) is 3. The van der Waals surface area contributed by atoms with Crippen LogP contribution in [0.25, 0.3) is 0 Å². The summed E-state index contributed by atoms with van der Waals surface area (Å²) < 4.78 is 0. The fourth-order valence-electron chi connectivity index (χ4n) is 2.81. The van der Waals surface area contributed by atoms with E-state index in [0.717, 1.165) is 32.1 Å². The molecule has 1 amide bonds. The van der Waals surface area contributed by atoms with E-state index in [0.29, 0.717) is 12.3 Å². The lowest BCUT2D eigenvalue weighted by molar-refractivity contribution is -0.128. The Bertz CT molecular complexity index is 282. The molecule has 1 unspecified atom stereocenters. The van der Waals surface area contributed by atoms with Gasteiger partial charge in [0, 0.05) is 6.54 Å². The van der Waals surface area contributed by atoms with Gasteiger partial charge in [0.05, 0.1) is 11.1 Å². The van der Waals surface area contributed by atoms with Gasteiger partial charge >= 0.3 is 0 Å². The zero-order valence-electron chi connectivity index (χ0n) is 12.0. The van der Waals surface area contributed by atoms with Gasteiger partial charge in [-0.15, -0.1) is 0 Å². The SMILES string of the molecule is CC(C)CC(C)(O)CNC(=O)C1(N)CCCCC1. The van der Waals surface area contributed by atoms with Crippen LogP contribution >= 0.6 is 0 Å². The van der Waals surface area contributed by atoms with Crippen molar-refractivity contribution in [1.29, 1.82) is 0 Å². The summed E-state index contributed by atoms with van der Waals surface area (Å²) in [7, 11) is 0. The molecule has 1 fully saturated rings. The molecule has 0 heterocycles. The Morgan fingerprint density at radius 3 is 2.44 bits per heavy atom. The smallest absolute Gasteiger partial charge is 0.240 e. The summed E-state index contributed by atoms with van der Waals surface area (Å²) in [6.07, 6.45) is 5.39. The highest BCUT2D eigenvalue weighted by atomic mass is 16.3. The molecule has 0 radical (unpaired) electrons. The first-order valence-electron chi connectivity index (χ1n) is 7.05. The zero-order valence-corrected chi connectivity index (χ0v) is 12.0. The average molecular weight is 256 g/mol. The first-order chi connectivity index (χ1) is 8.25. The normalized spacial score (nSPS) is 22.6. The standard InChI is InChI=1S/C14H28N2O2/c1-11(2)9-13(3,18)10-16-12(17)14(15)7-5-4-6-8-14/h11,18H,4-10,15H2,1-3H3,(H,16,17). The van der Waals surface area contributed by atoms with E-state index in [2.05, 4.69) is 19.2 Å². The van der Waals surface area contributed by atoms with Gasteiger partial charge in [-0.2, -0.15) is 0 Å². The predicted molar refractivity (Wildman–Crippen MR) is 73.1 cm³/mol. The minimum absolute atomic E-state index is 0.105. The van der Waals surface area contributed by atoms with Crippen molar-refractivity contribution >= 4 is 5.91 Å². The van der Waals surface area contributed by atoms with E-state index < -0.39 is 11.1 Å². The molecule has 4 heteroatoms. The van der Waals surface area contributed by atoms with Crippen LogP contribution in [0.3, 0.4) is 0 Å². The van der Waals surface area contributed by atoms with Crippen molar-refractivity contribution in [3.05, 3.63) is 0 Å². The van der Waals surface area contributed by atoms with E-state index in [1.165, 1.54) is 0 Å². The fourth-order valence-corrected chi connectivity index (χ4v) is 2.81. The van der Waals surface area contributed by atoms with Crippen molar-refractivity contribution in [2.45, 2.75) is 70.4 Å². The predicted octanol–water partition coefficient (Wildman–Crippen LogP) is 1.56. The van der Waals surface area contributed by atoms with Gasteiger partial charge in [0.15, 0.2) is 0 Å². The maximum Gasteiger partial charge on any atom is 0.240 e. The topological polar surface area (TPSA) is 75.3 Å². The van der Waals surface area contributed by atoms with Gasteiger partial charge in [0.25, 0.3) is 0 Å². The number of rotatable bonds is 5. The van der Waals surface area contributed by atoms with Gasteiger partial charge in [-0.25, -0.2) is 0 Å². The number of nitrogens with two attached hydrogens (primary N) is 1. The second-order valence-corrected chi connectivity index (χ2v) is 6.49. The van der Waals surface area contributed by atoms with E-state index >= 15 is 0 Å². The van der Waals surface area contributed by atoms with E-state index in [9.17, 15) is 9.90 Å². The minimum atomic E-state index is -0.852. The third-order valence-electron chi connectivity index (χ3n) is 3.68. The van der Waals surface area contributed by atoms with Gasteiger partial charge < -0.3 is 16.2 Å². The summed E-state index contributed by atoms with van der Waals surface area (Å²) in [6, 6.07) is 0. The van der Waals surface area contributed by atoms with E-state index in [-0.39, 0.29) is 12.5 Å². The highest BCUT2D eigenvalue weighted by Gasteiger charge is 2.36. The maximum atomic E-state index is 12.1. The highest BCUT2D eigenvalue weighted by molar-refractivity contribution is 5.86. The molecular formula is C14H28N2O2. The number of carbonyl (C=O) groups excluding carboxylic acids is 1. The molecular weight excluding hydrogens is 228 g/mol. The molecule has 0 spiro atoms. The van der Waals surface area contributed by atoms with Gasteiger partial charge in [-0.1, -0.05) is 33.1 Å². The monoisotopic (exact) mass is 256 g/mol.